The Morgan fingerprint density at radius 2 is 2.06 bits per heavy atom. The highest BCUT2D eigenvalue weighted by Crippen LogP contribution is 2.40. The zero-order chi connectivity index (χ0) is 12.5. The molecule has 3 N–H and O–H groups in total. The third-order valence-electron chi connectivity index (χ3n) is 4.07. The molecular weight excluding hydrogens is 217 g/mol. The minimum atomic E-state index is -0.282. The molecule has 1 aromatic carbocycles. The predicted octanol–water partition coefficient (Wildman–Crippen LogP) is 2.27. The number of rotatable bonds is 2. The Morgan fingerprint density at radius 1 is 1.41 bits per heavy atom. The molecule has 1 saturated carbocycles. The van der Waals surface area contributed by atoms with Gasteiger partial charge in [-0.25, -0.2) is 4.39 Å². The van der Waals surface area contributed by atoms with E-state index < -0.39 is 0 Å². The monoisotopic (exact) mass is 237 g/mol. The lowest BCUT2D eigenvalue weighted by atomic mass is 9.68. The van der Waals surface area contributed by atoms with Gasteiger partial charge in [0.1, 0.15) is 5.82 Å². The van der Waals surface area contributed by atoms with Crippen LogP contribution in [0.5, 0.6) is 0 Å². The van der Waals surface area contributed by atoms with Crippen LogP contribution >= 0.6 is 0 Å². The van der Waals surface area contributed by atoms with Crippen LogP contribution in [0.2, 0.25) is 0 Å². The van der Waals surface area contributed by atoms with E-state index in [9.17, 15) is 9.50 Å². The molecule has 94 valence electrons. The van der Waals surface area contributed by atoms with Crippen molar-refractivity contribution in [3.05, 3.63) is 35.1 Å². The summed E-state index contributed by atoms with van der Waals surface area (Å²) in [6.07, 6.45) is 2.72. The lowest BCUT2D eigenvalue weighted by Gasteiger charge is -2.39. The van der Waals surface area contributed by atoms with Crippen molar-refractivity contribution in [2.24, 2.45) is 5.73 Å². The number of hydrogen-bond acceptors (Lipinski definition) is 2. The molecule has 0 saturated heterocycles. The van der Waals surface area contributed by atoms with Gasteiger partial charge in [-0.15, -0.1) is 0 Å². The molecule has 17 heavy (non-hydrogen) atoms. The highest BCUT2D eigenvalue weighted by Gasteiger charge is 2.37. The van der Waals surface area contributed by atoms with E-state index in [0.717, 1.165) is 18.4 Å². The van der Waals surface area contributed by atoms with Crippen molar-refractivity contribution in [2.45, 2.75) is 44.1 Å². The Balaban J connectivity index is 2.38. The normalized spacial score (nSPS) is 29.3. The first-order chi connectivity index (χ1) is 8.09. The number of benzene rings is 1. The van der Waals surface area contributed by atoms with E-state index in [2.05, 4.69) is 0 Å². The van der Waals surface area contributed by atoms with E-state index in [1.54, 1.807) is 13.0 Å². The Kier molecular flexibility index (Phi) is 3.50. The van der Waals surface area contributed by atoms with Crippen molar-refractivity contribution in [3.63, 3.8) is 0 Å². The van der Waals surface area contributed by atoms with E-state index >= 15 is 0 Å². The average molecular weight is 237 g/mol. The SMILES string of the molecule is Cc1cccc(C2(CN)CCC(O)CC2)c1F. The molecule has 0 aliphatic heterocycles. The molecule has 1 fully saturated rings. The summed E-state index contributed by atoms with van der Waals surface area (Å²) in [5, 5.41) is 9.57. The van der Waals surface area contributed by atoms with Gasteiger partial charge in [0, 0.05) is 12.0 Å². The van der Waals surface area contributed by atoms with Crippen LogP contribution in [0.3, 0.4) is 0 Å². The van der Waals surface area contributed by atoms with Gasteiger partial charge in [0.05, 0.1) is 6.10 Å². The Labute approximate surface area is 102 Å². The van der Waals surface area contributed by atoms with Gasteiger partial charge in [0.2, 0.25) is 0 Å². The first kappa shape index (κ1) is 12.5. The lowest BCUT2D eigenvalue weighted by molar-refractivity contribution is 0.0962. The molecular formula is C14H20FNO. The van der Waals surface area contributed by atoms with Crippen LogP contribution in [-0.4, -0.2) is 17.8 Å². The summed E-state index contributed by atoms with van der Waals surface area (Å²) in [5.41, 5.74) is 7.00. The van der Waals surface area contributed by atoms with E-state index in [1.165, 1.54) is 0 Å². The Hall–Kier alpha value is -0.930. The standard InChI is InChI=1S/C14H20FNO/c1-10-3-2-4-12(13(10)15)14(9-16)7-5-11(17)6-8-14/h2-4,11,17H,5-9,16H2,1H3. The minimum Gasteiger partial charge on any atom is -0.393 e. The lowest BCUT2D eigenvalue weighted by Crippen LogP contribution is -2.40. The van der Waals surface area contributed by atoms with Crippen LogP contribution in [0.1, 0.15) is 36.8 Å². The number of aliphatic hydroxyl groups excluding tert-OH is 1. The fraction of sp³-hybridized carbons (Fsp3) is 0.571. The zero-order valence-electron chi connectivity index (χ0n) is 10.2. The van der Waals surface area contributed by atoms with Gasteiger partial charge in [-0.05, 0) is 43.7 Å². The Morgan fingerprint density at radius 3 is 2.65 bits per heavy atom. The van der Waals surface area contributed by atoms with Gasteiger partial charge in [-0.3, -0.25) is 0 Å². The second kappa shape index (κ2) is 4.75. The molecule has 0 unspecified atom stereocenters. The van der Waals surface area contributed by atoms with Crippen LogP contribution in [0.4, 0.5) is 4.39 Å². The third-order valence-corrected chi connectivity index (χ3v) is 4.07. The minimum absolute atomic E-state index is 0.130. The number of nitrogens with two attached hydrogens (primary N) is 1. The van der Waals surface area contributed by atoms with Gasteiger partial charge in [0.15, 0.2) is 0 Å². The molecule has 0 amide bonds. The maximum absolute atomic E-state index is 14.2. The molecule has 2 nitrogen and oxygen atoms in total. The van der Waals surface area contributed by atoms with Crippen molar-refractivity contribution in [1.82, 2.24) is 0 Å². The van der Waals surface area contributed by atoms with Crippen LogP contribution in [0, 0.1) is 12.7 Å². The van der Waals surface area contributed by atoms with Crippen molar-refractivity contribution >= 4 is 0 Å². The summed E-state index contributed by atoms with van der Waals surface area (Å²) in [6, 6.07) is 5.50. The van der Waals surface area contributed by atoms with E-state index in [0.29, 0.717) is 24.9 Å². The van der Waals surface area contributed by atoms with Crippen LogP contribution in [-0.2, 0) is 5.41 Å². The molecule has 0 aromatic heterocycles. The van der Waals surface area contributed by atoms with Gasteiger partial charge in [-0.2, -0.15) is 0 Å². The number of aliphatic hydroxyl groups is 1. The zero-order valence-corrected chi connectivity index (χ0v) is 10.2. The summed E-state index contributed by atoms with van der Waals surface area (Å²) in [7, 11) is 0. The molecule has 2 rings (SSSR count). The van der Waals surface area contributed by atoms with E-state index in [1.807, 2.05) is 12.1 Å². The summed E-state index contributed by atoms with van der Waals surface area (Å²) < 4.78 is 14.2. The molecule has 0 heterocycles. The van der Waals surface area contributed by atoms with Crippen molar-refractivity contribution in [3.8, 4) is 0 Å². The maximum atomic E-state index is 14.2. The van der Waals surface area contributed by atoms with Crippen molar-refractivity contribution < 1.29 is 9.50 Å². The summed E-state index contributed by atoms with van der Waals surface area (Å²) in [4.78, 5) is 0. The predicted molar refractivity (Wildman–Crippen MR) is 66.3 cm³/mol. The highest BCUT2D eigenvalue weighted by molar-refractivity contribution is 5.32. The van der Waals surface area contributed by atoms with Crippen LogP contribution in [0.15, 0.2) is 18.2 Å². The summed E-state index contributed by atoms with van der Waals surface area (Å²) in [5.74, 6) is -0.130. The summed E-state index contributed by atoms with van der Waals surface area (Å²) in [6.45, 7) is 2.22. The highest BCUT2D eigenvalue weighted by atomic mass is 19.1. The first-order valence-electron chi connectivity index (χ1n) is 6.23. The fourth-order valence-corrected chi connectivity index (χ4v) is 2.80. The number of hydrogen-bond donors (Lipinski definition) is 2. The molecule has 1 aliphatic rings. The molecule has 0 radical (unpaired) electrons. The quantitative estimate of drug-likeness (QED) is 0.828. The van der Waals surface area contributed by atoms with Crippen molar-refractivity contribution in [2.75, 3.05) is 6.54 Å². The molecule has 1 aromatic rings. The third kappa shape index (κ3) is 2.22. The second-order valence-corrected chi connectivity index (χ2v) is 5.15. The topological polar surface area (TPSA) is 46.2 Å². The molecule has 3 heteroatoms. The largest absolute Gasteiger partial charge is 0.393 e. The average Bonchev–Trinajstić information content (AvgIpc) is 2.35. The van der Waals surface area contributed by atoms with Gasteiger partial charge >= 0.3 is 0 Å². The smallest absolute Gasteiger partial charge is 0.129 e. The maximum Gasteiger partial charge on any atom is 0.129 e. The van der Waals surface area contributed by atoms with Crippen LogP contribution < -0.4 is 5.73 Å². The molecule has 0 bridgehead atoms. The molecule has 0 atom stereocenters. The Bertz CT molecular complexity index is 397. The van der Waals surface area contributed by atoms with Crippen LogP contribution in [0.25, 0.3) is 0 Å². The number of aryl methyl sites for hydroxylation is 1. The fourth-order valence-electron chi connectivity index (χ4n) is 2.80. The van der Waals surface area contributed by atoms with Gasteiger partial charge in [-0.1, -0.05) is 18.2 Å². The summed E-state index contributed by atoms with van der Waals surface area (Å²) >= 11 is 0. The first-order valence-corrected chi connectivity index (χ1v) is 6.23. The molecule has 1 aliphatic carbocycles. The van der Waals surface area contributed by atoms with Gasteiger partial charge < -0.3 is 10.8 Å². The van der Waals surface area contributed by atoms with E-state index in [4.69, 9.17) is 5.73 Å². The van der Waals surface area contributed by atoms with E-state index in [-0.39, 0.29) is 17.3 Å². The second-order valence-electron chi connectivity index (χ2n) is 5.15. The number of halogens is 1. The van der Waals surface area contributed by atoms with Crippen molar-refractivity contribution in [1.29, 1.82) is 0 Å². The molecule has 0 spiro atoms. The van der Waals surface area contributed by atoms with Gasteiger partial charge in [0.25, 0.3) is 0 Å².